The van der Waals surface area contributed by atoms with E-state index in [0.717, 1.165) is 6.42 Å². The second-order valence-electron chi connectivity index (χ2n) is 6.06. The summed E-state index contributed by atoms with van der Waals surface area (Å²) in [4.78, 5) is 24.1. The maximum absolute atomic E-state index is 12.2. The Morgan fingerprint density at radius 3 is 2.45 bits per heavy atom. The lowest BCUT2D eigenvalue weighted by molar-refractivity contribution is -0.124. The highest BCUT2D eigenvalue weighted by molar-refractivity contribution is 5.97. The van der Waals surface area contributed by atoms with E-state index in [4.69, 9.17) is 10.2 Å². The standard InChI is InChI=1S/C15H25N3O3.ClH/c1-10(2)7-15(4,9-16)18-13(19)11(3)17-14(20)12-5-6-21-8-12;/h5-6,8,10-11H,7,9,16H2,1-4H3,(H,17,20)(H,18,19);1H. The smallest absolute Gasteiger partial charge is 0.255 e. The van der Waals surface area contributed by atoms with E-state index in [1.165, 1.54) is 12.5 Å². The Balaban J connectivity index is 0.00000441. The molecule has 7 heteroatoms. The molecule has 0 saturated heterocycles. The van der Waals surface area contributed by atoms with Crippen LogP contribution in [0.5, 0.6) is 0 Å². The molecule has 22 heavy (non-hydrogen) atoms. The van der Waals surface area contributed by atoms with Gasteiger partial charge in [-0.3, -0.25) is 9.59 Å². The molecule has 0 spiro atoms. The molecule has 6 nitrogen and oxygen atoms in total. The number of hydrogen-bond acceptors (Lipinski definition) is 4. The molecule has 1 rings (SSSR count). The normalized spacial score (nSPS) is 14.6. The van der Waals surface area contributed by atoms with Crippen LogP contribution in [0.2, 0.25) is 0 Å². The molecule has 126 valence electrons. The fraction of sp³-hybridized carbons (Fsp3) is 0.600. The zero-order valence-corrected chi connectivity index (χ0v) is 14.3. The molecular formula is C15H26ClN3O3. The first-order chi connectivity index (χ1) is 9.77. The van der Waals surface area contributed by atoms with Crippen LogP contribution in [-0.2, 0) is 4.79 Å². The Kier molecular flexibility index (Phi) is 8.19. The zero-order valence-electron chi connectivity index (χ0n) is 13.5. The molecule has 0 aliphatic carbocycles. The van der Waals surface area contributed by atoms with Gasteiger partial charge in [-0.05, 0) is 32.3 Å². The van der Waals surface area contributed by atoms with Crippen molar-refractivity contribution in [1.29, 1.82) is 0 Å². The van der Waals surface area contributed by atoms with Crippen molar-refractivity contribution in [1.82, 2.24) is 10.6 Å². The minimum Gasteiger partial charge on any atom is -0.472 e. The van der Waals surface area contributed by atoms with Gasteiger partial charge in [0.2, 0.25) is 5.91 Å². The van der Waals surface area contributed by atoms with Crippen molar-refractivity contribution in [2.24, 2.45) is 11.7 Å². The van der Waals surface area contributed by atoms with Crippen molar-refractivity contribution in [3.8, 4) is 0 Å². The highest BCUT2D eigenvalue weighted by atomic mass is 35.5. The highest BCUT2D eigenvalue weighted by Crippen LogP contribution is 2.15. The number of carbonyl (C=O) groups excluding carboxylic acids is 2. The third-order valence-electron chi connectivity index (χ3n) is 3.26. The SMILES string of the molecule is CC(C)CC(C)(CN)NC(=O)C(C)NC(=O)c1ccoc1.Cl. The van der Waals surface area contributed by atoms with Gasteiger partial charge in [0.25, 0.3) is 5.91 Å². The first kappa shape index (κ1) is 20.5. The van der Waals surface area contributed by atoms with Gasteiger partial charge >= 0.3 is 0 Å². The van der Waals surface area contributed by atoms with Crippen LogP contribution in [0.1, 0.15) is 44.5 Å². The van der Waals surface area contributed by atoms with Crippen molar-refractivity contribution < 1.29 is 14.0 Å². The molecule has 4 N–H and O–H groups in total. The molecule has 2 atom stereocenters. The molecule has 0 fully saturated rings. The molecule has 0 aliphatic rings. The molecule has 0 aliphatic heterocycles. The lowest BCUT2D eigenvalue weighted by Gasteiger charge is -2.32. The van der Waals surface area contributed by atoms with E-state index in [9.17, 15) is 9.59 Å². The quantitative estimate of drug-likeness (QED) is 0.708. The van der Waals surface area contributed by atoms with E-state index < -0.39 is 11.6 Å². The van der Waals surface area contributed by atoms with Gasteiger partial charge in [-0.2, -0.15) is 0 Å². The molecule has 1 aromatic rings. The first-order valence-electron chi connectivity index (χ1n) is 7.12. The van der Waals surface area contributed by atoms with Crippen LogP contribution in [0, 0.1) is 5.92 Å². The fourth-order valence-electron chi connectivity index (χ4n) is 2.23. The van der Waals surface area contributed by atoms with E-state index in [0.29, 0.717) is 18.0 Å². The minimum atomic E-state index is -0.648. The summed E-state index contributed by atoms with van der Waals surface area (Å²) in [5, 5.41) is 5.55. The number of nitrogens with one attached hydrogen (secondary N) is 2. The molecule has 1 aromatic heterocycles. The Morgan fingerprint density at radius 2 is 2.00 bits per heavy atom. The van der Waals surface area contributed by atoms with Gasteiger partial charge in [0, 0.05) is 12.1 Å². The second-order valence-corrected chi connectivity index (χ2v) is 6.06. The van der Waals surface area contributed by atoms with Crippen molar-refractivity contribution >= 4 is 24.2 Å². The lowest BCUT2D eigenvalue weighted by Crippen LogP contribution is -2.57. The summed E-state index contributed by atoms with van der Waals surface area (Å²) in [6.07, 6.45) is 3.52. The van der Waals surface area contributed by atoms with Crippen LogP contribution in [0.3, 0.4) is 0 Å². The van der Waals surface area contributed by atoms with Gasteiger partial charge in [0.05, 0.1) is 11.8 Å². The van der Waals surface area contributed by atoms with Crippen molar-refractivity contribution in [2.45, 2.75) is 45.7 Å². The molecular weight excluding hydrogens is 306 g/mol. The number of amides is 2. The molecule has 0 saturated carbocycles. The fourth-order valence-corrected chi connectivity index (χ4v) is 2.23. The summed E-state index contributed by atoms with van der Waals surface area (Å²) >= 11 is 0. The number of carbonyl (C=O) groups is 2. The Labute approximate surface area is 137 Å². The van der Waals surface area contributed by atoms with Gasteiger partial charge < -0.3 is 20.8 Å². The van der Waals surface area contributed by atoms with E-state index in [-0.39, 0.29) is 24.2 Å². The van der Waals surface area contributed by atoms with Crippen LogP contribution >= 0.6 is 12.4 Å². The molecule has 2 unspecified atom stereocenters. The third-order valence-corrected chi connectivity index (χ3v) is 3.26. The summed E-state index contributed by atoms with van der Waals surface area (Å²) in [6, 6.07) is 0.897. The number of nitrogens with two attached hydrogens (primary N) is 1. The number of hydrogen-bond donors (Lipinski definition) is 3. The van der Waals surface area contributed by atoms with Gasteiger partial charge in [-0.15, -0.1) is 12.4 Å². The summed E-state index contributed by atoms with van der Waals surface area (Å²) in [6.45, 7) is 8.04. The summed E-state index contributed by atoms with van der Waals surface area (Å²) < 4.78 is 4.84. The van der Waals surface area contributed by atoms with E-state index in [1.807, 2.05) is 6.92 Å². The monoisotopic (exact) mass is 331 g/mol. The molecule has 0 bridgehead atoms. The van der Waals surface area contributed by atoms with Gasteiger partial charge in [0.1, 0.15) is 12.3 Å². The van der Waals surface area contributed by atoms with E-state index in [2.05, 4.69) is 24.5 Å². The number of rotatable bonds is 7. The van der Waals surface area contributed by atoms with Crippen LogP contribution in [-0.4, -0.2) is 29.9 Å². The highest BCUT2D eigenvalue weighted by Gasteiger charge is 2.28. The van der Waals surface area contributed by atoms with Gasteiger partial charge in [-0.25, -0.2) is 0 Å². The Hall–Kier alpha value is -1.53. The average molecular weight is 332 g/mol. The Bertz CT molecular complexity index is 476. The largest absolute Gasteiger partial charge is 0.472 e. The third kappa shape index (κ3) is 6.07. The molecule has 0 aromatic carbocycles. The van der Waals surface area contributed by atoms with Crippen LogP contribution in [0.4, 0.5) is 0 Å². The second kappa shape index (κ2) is 8.80. The maximum atomic E-state index is 12.2. The summed E-state index contributed by atoms with van der Waals surface area (Å²) in [5.41, 5.74) is 5.68. The molecule has 2 amide bonds. The Morgan fingerprint density at radius 1 is 1.36 bits per heavy atom. The average Bonchev–Trinajstić information content (AvgIpc) is 2.91. The van der Waals surface area contributed by atoms with Crippen LogP contribution < -0.4 is 16.4 Å². The van der Waals surface area contributed by atoms with E-state index in [1.54, 1.807) is 13.0 Å². The van der Waals surface area contributed by atoms with Crippen LogP contribution in [0.25, 0.3) is 0 Å². The maximum Gasteiger partial charge on any atom is 0.255 e. The number of furan rings is 1. The van der Waals surface area contributed by atoms with E-state index >= 15 is 0 Å². The predicted octanol–water partition coefficient (Wildman–Crippen LogP) is 1.70. The van der Waals surface area contributed by atoms with Crippen molar-refractivity contribution in [3.05, 3.63) is 24.2 Å². The minimum absolute atomic E-state index is 0. The summed E-state index contributed by atoms with van der Waals surface area (Å²) in [7, 11) is 0. The number of halogens is 1. The zero-order chi connectivity index (χ0) is 16.0. The van der Waals surface area contributed by atoms with Gasteiger partial charge in [-0.1, -0.05) is 13.8 Å². The first-order valence-corrected chi connectivity index (χ1v) is 7.12. The molecule has 1 heterocycles. The van der Waals surface area contributed by atoms with Crippen molar-refractivity contribution in [3.63, 3.8) is 0 Å². The van der Waals surface area contributed by atoms with Crippen molar-refractivity contribution in [2.75, 3.05) is 6.54 Å². The van der Waals surface area contributed by atoms with Gasteiger partial charge in [0.15, 0.2) is 0 Å². The molecule has 0 radical (unpaired) electrons. The lowest BCUT2D eigenvalue weighted by atomic mass is 9.90. The predicted molar refractivity (Wildman–Crippen MR) is 87.9 cm³/mol. The topological polar surface area (TPSA) is 97.4 Å². The van der Waals surface area contributed by atoms with Crippen LogP contribution in [0.15, 0.2) is 23.0 Å². The summed E-state index contributed by atoms with van der Waals surface area (Å²) in [5.74, 6) is -0.181.